The Morgan fingerprint density at radius 3 is 2.44 bits per heavy atom. The first-order chi connectivity index (χ1) is 4.14. The van der Waals surface area contributed by atoms with Gasteiger partial charge in [-0.05, 0) is 6.42 Å². The monoisotopic (exact) mass is 131 g/mol. The molecular formula is C6H7F2N. The van der Waals surface area contributed by atoms with Crippen molar-refractivity contribution in [3.05, 3.63) is 0 Å². The van der Waals surface area contributed by atoms with Gasteiger partial charge in [0.05, 0.1) is 12.0 Å². The van der Waals surface area contributed by atoms with Crippen molar-refractivity contribution in [1.29, 1.82) is 5.26 Å². The van der Waals surface area contributed by atoms with E-state index in [-0.39, 0.29) is 12.8 Å². The Morgan fingerprint density at radius 1 is 1.56 bits per heavy atom. The van der Waals surface area contributed by atoms with Crippen molar-refractivity contribution >= 4 is 0 Å². The molecule has 1 nitrogen and oxygen atoms in total. The predicted octanol–water partition coefficient (Wildman–Crippen LogP) is 1.95. The third kappa shape index (κ3) is 1.38. The number of hydrogen-bond donors (Lipinski definition) is 0. The molecule has 0 bridgehead atoms. The molecule has 1 atom stereocenters. The van der Waals surface area contributed by atoms with Crippen LogP contribution in [0.2, 0.25) is 0 Å². The van der Waals surface area contributed by atoms with Gasteiger partial charge in [0, 0.05) is 12.8 Å². The molecule has 50 valence electrons. The van der Waals surface area contributed by atoms with Crippen molar-refractivity contribution in [2.24, 2.45) is 5.92 Å². The maximum Gasteiger partial charge on any atom is 0.249 e. The van der Waals surface area contributed by atoms with Gasteiger partial charge in [-0.3, -0.25) is 0 Å². The molecule has 0 unspecified atom stereocenters. The highest BCUT2D eigenvalue weighted by Crippen LogP contribution is 2.38. The Kier molecular flexibility index (Phi) is 1.40. The molecule has 0 N–H and O–H groups in total. The maximum atomic E-state index is 12.2. The fourth-order valence-electron chi connectivity index (χ4n) is 1.06. The minimum Gasteiger partial charge on any atom is -0.207 e. The van der Waals surface area contributed by atoms with Gasteiger partial charge in [0.1, 0.15) is 0 Å². The lowest BCUT2D eigenvalue weighted by atomic mass is 10.1. The van der Waals surface area contributed by atoms with E-state index in [1.807, 2.05) is 6.07 Å². The summed E-state index contributed by atoms with van der Waals surface area (Å²) in [6, 6.07) is 1.84. The van der Waals surface area contributed by atoms with E-state index < -0.39 is 11.8 Å². The molecule has 0 aromatic carbocycles. The van der Waals surface area contributed by atoms with E-state index in [0.717, 1.165) is 0 Å². The number of nitrogens with zero attached hydrogens (tertiary/aromatic N) is 1. The van der Waals surface area contributed by atoms with E-state index in [1.165, 1.54) is 0 Å². The third-order valence-electron chi connectivity index (χ3n) is 1.59. The Balaban J connectivity index is 2.50. The molecule has 0 spiro atoms. The van der Waals surface area contributed by atoms with Gasteiger partial charge in [-0.1, -0.05) is 0 Å². The summed E-state index contributed by atoms with van der Waals surface area (Å²) < 4.78 is 24.5. The Morgan fingerprint density at radius 2 is 2.22 bits per heavy atom. The van der Waals surface area contributed by atoms with Gasteiger partial charge in [0.25, 0.3) is 0 Å². The largest absolute Gasteiger partial charge is 0.249 e. The molecule has 0 aromatic heterocycles. The van der Waals surface area contributed by atoms with Gasteiger partial charge >= 0.3 is 0 Å². The van der Waals surface area contributed by atoms with Gasteiger partial charge in [-0.2, -0.15) is 5.26 Å². The zero-order chi connectivity index (χ0) is 6.91. The van der Waals surface area contributed by atoms with Crippen LogP contribution in [0.4, 0.5) is 8.78 Å². The zero-order valence-corrected chi connectivity index (χ0v) is 4.90. The van der Waals surface area contributed by atoms with Crippen molar-refractivity contribution in [3.63, 3.8) is 0 Å². The van der Waals surface area contributed by atoms with E-state index in [4.69, 9.17) is 5.26 Å². The predicted molar refractivity (Wildman–Crippen MR) is 27.9 cm³/mol. The van der Waals surface area contributed by atoms with Gasteiger partial charge in [0.2, 0.25) is 5.92 Å². The minimum atomic E-state index is -2.56. The number of rotatable bonds is 0. The summed E-state index contributed by atoms with van der Waals surface area (Å²) in [5.74, 6) is -2.96. The summed E-state index contributed by atoms with van der Waals surface area (Å²) in [6.45, 7) is 0. The molecule has 1 aliphatic rings. The highest BCUT2D eigenvalue weighted by molar-refractivity contribution is 4.93. The fourth-order valence-corrected chi connectivity index (χ4v) is 1.06. The van der Waals surface area contributed by atoms with Crippen LogP contribution in [0.5, 0.6) is 0 Å². The molecule has 0 amide bonds. The molecular weight excluding hydrogens is 124 g/mol. The van der Waals surface area contributed by atoms with Gasteiger partial charge in [-0.15, -0.1) is 0 Å². The van der Waals surface area contributed by atoms with Crippen LogP contribution in [0, 0.1) is 17.2 Å². The van der Waals surface area contributed by atoms with Crippen LogP contribution in [0.25, 0.3) is 0 Å². The molecule has 1 rings (SSSR count). The molecule has 0 radical (unpaired) electrons. The standard InChI is InChI=1S/C6H7F2N/c7-6(8)2-1-5(3-6)4-9/h5H,1-3H2/t5-/m0/s1. The quantitative estimate of drug-likeness (QED) is 0.492. The molecule has 1 aliphatic carbocycles. The lowest BCUT2D eigenvalue weighted by molar-refractivity contribution is 0.00700. The SMILES string of the molecule is N#C[C@H]1CCC(F)(F)C1. The van der Waals surface area contributed by atoms with Crippen LogP contribution in [0.1, 0.15) is 19.3 Å². The van der Waals surface area contributed by atoms with Crippen molar-refractivity contribution in [2.45, 2.75) is 25.2 Å². The van der Waals surface area contributed by atoms with Gasteiger partial charge in [-0.25, -0.2) is 8.78 Å². The molecule has 1 saturated carbocycles. The van der Waals surface area contributed by atoms with Crippen molar-refractivity contribution < 1.29 is 8.78 Å². The zero-order valence-electron chi connectivity index (χ0n) is 4.90. The maximum absolute atomic E-state index is 12.2. The van der Waals surface area contributed by atoms with E-state index in [2.05, 4.69) is 0 Å². The average molecular weight is 131 g/mol. The number of halogens is 2. The molecule has 9 heavy (non-hydrogen) atoms. The third-order valence-corrected chi connectivity index (χ3v) is 1.59. The summed E-state index contributed by atoms with van der Waals surface area (Å²) >= 11 is 0. The molecule has 0 aromatic rings. The van der Waals surface area contributed by atoms with E-state index in [9.17, 15) is 8.78 Å². The number of nitriles is 1. The summed E-state index contributed by atoms with van der Waals surface area (Å²) in [5, 5.41) is 8.21. The van der Waals surface area contributed by atoms with E-state index >= 15 is 0 Å². The smallest absolute Gasteiger partial charge is 0.207 e. The molecule has 0 aliphatic heterocycles. The fraction of sp³-hybridized carbons (Fsp3) is 0.833. The summed E-state index contributed by atoms with van der Waals surface area (Å²) in [5.41, 5.74) is 0. The average Bonchev–Trinajstić information content (AvgIpc) is 2.10. The molecule has 3 heteroatoms. The second kappa shape index (κ2) is 1.94. The van der Waals surface area contributed by atoms with E-state index in [1.54, 1.807) is 0 Å². The number of alkyl halides is 2. The Labute approximate surface area is 52.3 Å². The van der Waals surface area contributed by atoms with Crippen molar-refractivity contribution in [3.8, 4) is 6.07 Å². The highest BCUT2D eigenvalue weighted by atomic mass is 19.3. The normalized spacial score (nSPS) is 31.9. The topological polar surface area (TPSA) is 23.8 Å². The first kappa shape index (κ1) is 6.47. The van der Waals surface area contributed by atoms with Crippen molar-refractivity contribution in [1.82, 2.24) is 0 Å². The van der Waals surface area contributed by atoms with Crippen LogP contribution < -0.4 is 0 Å². The van der Waals surface area contributed by atoms with Crippen LogP contribution in [-0.2, 0) is 0 Å². The first-order valence-corrected chi connectivity index (χ1v) is 2.91. The van der Waals surface area contributed by atoms with Crippen LogP contribution in [0.15, 0.2) is 0 Å². The van der Waals surface area contributed by atoms with Gasteiger partial charge in [0.15, 0.2) is 0 Å². The van der Waals surface area contributed by atoms with Crippen LogP contribution in [0.3, 0.4) is 0 Å². The lowest BCUT2D eigenvalue weighted by Crippen LogP contribution is -2.08. The Bertz CT molecular complexity index is 148. The summed E-state index contributed by atoms with van der Waals surface area (Å²) in [4.78, 5) is 0. The van der Waals surface area contributed by atoms with Crippen molar-refractivity contribution in [2.75, 3.05) is 0 Å². The molecule has 1 fully saturated rings. The minimum absolute atomic E-state index is 0.106. The van der Waals surface area contributed by atoms with E-state index in [0.29, 0.717) is 6.42 Å². The van der Waals surface area contributed by atoms with Crippen LogP contribution in [-0.4, -0.2) is 5.92 Å². The highest BCUT2D eigenvalue weighted by Gasteiger charge is 2.39. The number of hydrogen-bond acceptors (Lipinski definition) is 1. The lowest BCUT2D eigenvalue weighted by Gasteiger charge is -2.03. The first-order valence-electron chi connectivity index (χ1n) is 2.91. The molecule has 0 heterocycles. The Hall–Kier alpha value is -0.650. The van der Waals surface area contributed by atoms with Crippen LogP contribution >= 0.6 is 0 Å². The van der Waals surface area contributed by atoms with Gasteiger partial charge < -0.3 is 0 Å². The second-order valence-electron chi connectivity index (χ2n) is 2.42. The summed E-state index contributed by atoms with van der Waals surface area (Å²) in [6.07, 6.45) is 0.0260. The summed E-state index contributed by atoms with van der Waals surface area (Å²) in [7, 11) is 0. The second-order valence-corrected chi connectivity index (χ2v) is 2.42. The molecule has 0 saturated heterocycles.